The highest BCUT2D eigenvalue weighted by molar-refractivity contribution is 6.33. The van der Waals surface area contributed by atoms with Gasteiger partial charge in [-0.2, -0.15) is 0 Å². The molecule has 3 heterocycles. The Morgan fingerprint density at radius 2 is 1.76 bits per heavy atom. The van der Waals surface area contributed by atoms with Gasteiger partial charge in [0.15, 0.2) is 0 Å². The summed E-state index contributed by atoms with van der Waals surface area (Å²) < 4.78 is 8.02. The number of amidine groups is 1. The fraction of sp³-hybridized carbons (Fsp3) is 0.0769. The van der Waals surface area contributed by atoms with Crippen molar-refractivity contribution < 1.29 is 4.74 Å². The van der Waals surface area contributed by atoms with E-state index in [0.29, 0.717) is 35.7 Å². The summed E-state index contributed by atoms with van der Waals surface area (Å²) in [7, 11) is 0. The molecule has 1 aliphatic heterocycles. The van der Waals surface area contributed by atoms with Crippen molar-refractivity contribution in [2.24, 2.45) is 4.99 Å². The Balaban J connectivity index is 1.51. The van der Waals surface area contributed by atoms with Crippen molar-refractivity contribution in [2.45, 2.75) is 6.54 Å². The summed E-state index contributed by atoms with van der Waals surface area (Å²) in [5, 5.41) is 3.69. The number of ether oxygens (including phenoxy) is 1. The van der Waals surface area contributed by atoms with Crippen LogP contribution in [0.4, 0.5) is 5.82 Å². The molecule has 0 aliphatic carbocycles. The van der Waals surface area contributed by atoms with E-state index in [9.17, 15) is 0 Å². The van der Waals surface area contributed by atoms with E-state index in [1.807, 2.05) is 72.9 Å². The summed E-state index contributed by atoms with van der Waals surface area (Å²) in [6, 6.07) is 26.1. The number of nitrogens with zero attached hydrogens (tertiary/aromatic N) is 3. The van der Waals surface area contributed by atoms with Gasteiger partial charge in [0.25, 0.3) is 6.02 Å². The van der Waals surface area contributed by atoms with Gasteiger partial charge in [0, 0.05) is 22.5 Å². The van der Waals surface area contributed by atoms with Crippen molar-refractivity contribution in [3.05, 3.63) is 102 Å². The summed E-state index contributed by atoms with van der Waals surface area (Å²) in [5.41, 5.74) is 10.9. The molecule has 0 amide bonds. The molecule has 7 heteroatoms. The lowest BCUT2D eigenvalue weighted by atomic mass is 10.1. The summed E-state index contributed by atoms with van der Waals surface area (Å²) >= 11 is 6.54. The molecule has 0 unspecified atom stereocenters. The molecule has 0 saturated carbocycles. The first-order chi connectivity index (χ1) is 16.2. The van der Waals surface area contributed by atoms with Gasteiger partial charge < -0.3 is 20.4 Å². The van der Waals surface area contributed by atoms with E-state index < -0.39 is 0 Å². The second-order valence-corrected chi connectivity index (χ2v) is 7.95. The largest absolute Gasteiger partial charge is 0.426 e. The molecule has 0 saturated heterocycles. The molecule has 4 aromatic rings. The van der Waals surface area contributed by atoms with Crippen LogP contribution in [0.5, 0.6) is 5.75 Å². The number of halogens is 1. The number of anilines is 1. The number of hydrogen-bond donors (Lipinski definition) is 2. The molecule has 2 aromatic carbocycles. The van der Waals surface area contributed by atoms with Crippen LogP contribution in [0.2, 0.25) is 5.02 Å². The standard InChI is InChI=1S/C26H22ClN5O/c27-22-7-2-1-6-21(22)24-14-13-23(32(24)17-19-5-3-8-25(28)31-19)18-9-11-20(12-10-18)33-26-29-15-4-16-30-26/h1-15H,16-17H2,(H2,28,31)(H,29,30). The smallest absolute Gasteiger partial charge is 0.294 e. The Hall–Kier alpha value is -4.03. The average Bonchev–Trinajstić information content (AvgIpc) is 3.24. The number of nitrogen functional groups attached to an aromatic ring is 1. The SMILES string of the molecule is Nc1cccc(Cn2c(-c3ccc(OC4=NCC=CN4)cc3)ccc2-c2ccccc2Cl)n1. The van der Waals surface area contributed by atoms with E-state index in [1.165, 1.54) is 0 Å². The molecular formula is C26H22ClN5O. The summed E-state index contributed by atoms with van der Waals surface area (Å²) in [5.74, 6) is 1.21. The average molecular weight is 456 g/mol. The van der Waals surface area contributed by atoms with Gasteiger partial charge in [0.05, 0.1) is 24.5 Å². The Labute approximate surface area is 197 Å². The van der Waals surface area contributed by atoms with Gasteiger partial charge in [-0.3, -0.25) is 0 Å². The molecule has 0 radical (unpaired) electrons. The molecule has 164 valence electrons. The number of benzene rings is 2. The molecule has 1 aliphatic rings. The minimum absolute atomic E-state index is 0.488. The third-order valence-electron chi connectivity index (χ3n) is 5.31. The lowest BCUT2D eigenvalue weighted by molar-refractivity contribution is 0.524. The molecule has 0 spiro atoms. The van der Waals surface area contributed by atoms with Gasteiger partial charge in [-0.1, -0.05) is 35.9 Å². The molecule has 2 aromatic heterocycles. The highest BCUT2D eigenvalue weighted by Gasteiger charge is 2.15. The van der Waals surface area contributed by atoms with Gasteiger partial charge >= 0.3 is 0 Å². The van der Waals surface area contributed by atoms with Crippen molar-refractivity contribution in [1.82, 2.24) is 14.9 Å². The van der Waals surface area contributed by atoms with Crippen LogP contribution >= 0.6 is 11.6 Å². The topological polar surface area (TPSA) is 77.5 Å². The molecule has 6 nitrogen and oxygen atoms in total. The molecule has 0 fully saturated rings. The van der Waals surface area contributed by atoms with Crippen LogP contribution in [0.15, 0.2) is 96.1 Å². The summed E-state index contributed by atoms with van der Waals surface area (Å²) in [4.78, 5) is 8.78. The van der Waals surface area contributed by atoms with Crippen LogP contribution < -0.4 is 15.8 Å². The fourth-order valence-corrected chi connectivity index (χ4v) is 4.01. The van der Waals surface area contributed by atoms with Crippen molar-refractivity contribution in [2.75, 3.05) is 12.3 Å². The lowest BCUT2D eigenvalue weighted by Gasteiger charge is -2.15. The molecule has 33 heavy (non-hydrogen) atoms. The number of aromatic nitrogens is 2. The summed E-state index contributed by atoms with van der Waals surface area (Å²) in [6.45, 7) is 1.16. The van der Waals surface area contributed by atoms with E-state index in [-0.39, 0.29) is 0 Å². The zero-order chi connectivity index (χ0) is 22.6. The Kier molecular flexibility index (Phi) is 5.83. The van der Waals surface area contributed by atoms with E-state index >= 15 is 0 Å². The highest BCUT2D eigenvalue weighted by Crippen LogP contribution is 2.34. The third-order valence-corrected chi connectivity index (χ3v) is 5.64. The molecule has 0 atom stereocenters. The quantitative estimate of drug-likeness (QED) is 0.425. The number of pyridine rings is 1. The minimum Gasteiger partial charge on any atom is -0.426 e. The van der Waals surface area contributed by atoms with E-state index in [1.54, 1.807) is 6.07 Å². The number of rotatable bonds is 5. The van der Waals surface area contributed by atoms with Crippen LogP contribution in [-0.4, -0.2) is 22.1 Å². The van der Waals surface area contributed by atoms with Gasteiger partial charge in [0.1, 0.15) is 11.6 Å². The normalized spacial score (nSPS) is 12.8. The number of hydrogen-bond acceptors (Lipinski definition) is 5. The molecule has 3 N–H and O–H groups in total. The van der Waals surface area contributed by atoms with Crippen molar-refractivity contribution >= 4 is 23.4 Å². The van der Waals surface area contributed by atoms with Crippen molar-refractivity contribution in [1.29, 1.82) is 0 Å². The predicted octanol–water partition coefficient (Wildman–Crippen LogP) is 5.35. The number of aliphatic imine (C=N–C) groups is 1. The predicted molar refractivity (Wildman–Crippen MR) is 133 cm³/mol. The molecular weight excluding hydrogens is 434 g/mol. The monoisotopic (exact) mass is 455 g/mol. The van der Waals surface area contributed by atoms with E-state index in [2.05, 4.69) is 32.0 Å². The van der Waals surface area contributed by atoms with Crippen LogP contribution in [-0.2, 0) is 6.54 Å². The lowest BCUT2D eigenvalue weighted by Crippen LogP contribution is -2.26. The van der Waals surface area contributed by atoms with Crippen molar-refractivity contribution in [3.63, 3.8) is 0 Å². The van der Waals surface area contributed by atoms with Crippen LogP contribution in [0.3, 0.4) is 0 Å². The van der Waals surface area contributed by atoms with E-state index in [4.69, 9.17) is 22.1 Å². The van der Waals surface area contributed by atoms with Crippen LogP contribution in [0.25, 0.3) is 22.5 Å². The zero-order valence-electron chi connectivity index (χ0n) is 17.8. The Morgan fingerprint density at radius 1 is 0.939 bits per heavy atom. The molecule has 0 bridgehead atoms. The number of nitrogens with one attached hydrogen (secondary N) is 1. The Morgan fingerprint density at radius 3 is 2.52 bits per heavy atom. The fourth-order valence-electron chi connectivity index (χ4n) is 3.77. The maximum absolute atomic E-state index is 6.54. The first kappa shape index (κ1) is 20.8. The van der Waals surface area contributed by atoms with Crippen LogP contribution in [0.1, 0.15) is 5.69 Å². The van der Waals surface area contributed by atoms with Gasteiger partial charge in [-0.15, -0.1) is 0 Å². The maximum atomic E-state index is 6.54. The molecule has 5 rings (SSSR count). The first-order valence-corrected chi connectivity index (χ1v) is 11.0. The zero-order valence-corrected chi connectivity index (χ0v) is 18.5. The third kappa shape index (κ3) is 4.61. The van der Waals surface area contributed by atoms with Crippen molar-refractivity contribution in [3.8, 4) is 28.3 Å². The van der Waals surface area contributed by atoms with E-state index in [0.717, 1.165) is 28.2 Å². The number of nitrogens with two attached hydrogens (primary N) is 1. The van der Waals surface area contributed by atoms with Gasteiger partial charge in [-0.05, 0) is 66.2 Å². The van der Waals surface area contributed by atoms with Crippen LogP contribution in [0, 0.1) is 0 Å². The van der Waals surface area contributed by atoms with Gasteiger partial charge in [-0.25, -0.2) is 9.98 Å². The summed E-state index contributed by atoms with van der Waals surface area (Å²) in [6.07, 6.45) is 3.75. The second-order valence-electron chi connectivity index (χ2n) is 7.54. The van der Waals surface area contributed by atoms with Gasteiger partial charge in [0.2, 0.25) is 0 Å². The maximum Gasteiger partial charge on any atom is 0.294 e. The second kappa shape index (κ2) is 9.22. The Bertz CT molecular complexity index is 1340. The highest BCUT2D eigenvalue weighted by atomic mass is 35.5. The first-order valence-electron chi connectivity index (χ1n) is 10.6. The minimum atomic E-state index is 0.488.